The summed E-state index contributed by atoms with van der Waals surface area (Å²) < 4.78 is 23.2. The summed E-state index contributed by atoms with van der Waals surface area (Å²) in [5.41, 5.74) is 0. The summed E-state index contributed by atoms with van der Waals surface area (Å²) in [6.45, 7) is 0. The molecule has 2 rings (SSSR count). The van der Waals surface area contributed by atoms with Gasteiger partial charge in [-0.1, -0.05) is 0 Å². The van der Waals surface area contributed by atoms with Crippen LogP contribution < -0.4 is 5.32 Å². The first-order valence-corrected chi connectivity index (χ1v) is 6.42. The molecular formula is C8H13NO4S. The summed E-state index contributed by atoms with van der Waals surface area (Å²) in [4.78, 5) is 10.7. The number of carboxylic acids is 1. The molecule has 80 valence electrons. The zero-order chi connectivity index (χ0) is 10.3. The molecule has 14 heavy (non-hydrogen) atoms. The zero-order valence-electron chi connectivity index (χ0n) is 7.64. The smallest absolute Gasteiger partial charge is 0.320 e. The third-order valence-corrected chi connectivity index (χ3v) is 5.34. The lowest BCUT2D eigenvalue weighted by atomic mass is 10.1. The van der Waals surface area contributed by atoms with E-state index < -0.39 is 27.1 Å². The van der Waals surface area contributed by atoms with E-state index >= 15 is 0 Å². The minimum absolute atomic E-state index is 0.144. The van der Waals surface area contributed by atoms with Crippen LogP contribution in [0.4, 0.5) is 0 Å². The molecule has 0 radical (unpaired) electrons. The molecule has 5 nitrogen and oxygen atoms in total. The number of nitrogens with one attached hydrogen (secondary N) is 1. The predicted molar refractivity (Wildman–Crippen MR) is 49.8 cm³/mol. The Labute approximate surface area is 82.4 Å². The Bertz CT molecular complexity index is 350. The van der Waals surface area contributed by atoms with Crippen molar-refractivity contribution in [2.45, 2.75) is 36.6 Å². The quantitative estimate of drug-likeness (QED) is 0.614. The van der Waals surface area contributed by atoms with Gasteiger partial charge in [0.15, 0.2) is 9.84 Å². The fourth-order valence-corrected chi connectivity index (χ4v) is 4.40. The highest BCUT2D eigenvalue weighted by Crippen LogP contribution is 2.29. The summed E-state index contributed by atoms with van der Waals surface area (Å²) in [7, 11) is -3.05. The number of rotatable bonds is 1. The molecule has 2 aliphatic rings. The van der Waals surface area contributed by atoms with E-state index in [-0.39, 0.29) is 18.2 Å². The van der Waals surface area contributed by atoms with Crippen LogP contribution in [0.3, 0.4) is 0 Å². The van der Waals surface area contributed by atoms with E-state index in [1.807, 2.05) is 0 Å². The molecule has 2 fully saturated rings. The maximum Gasteiger partial charge on any atom is 0.320 e. The van der Waals surface area contributed by atoms with Gasteiger partial charge in [0.05, 0.1) is 11.0 Å². The molecule has 0 aromatic heterocycles. The van der Waals surface area contributed by atoms with Crippen molar-refractivity contribution in [2.75, 3.05) is 5.75 Å². The molecule has 3 atom stereocenters. The van der Waals surface area contributed by atoms with E-state index in [1.165, 1.54) is 0 Å². The number of aliphatic carboxylic acids is 1. The molecule has 0 aliphatic carbocycles. The minimum Gasteiger partial charge on any atom is -0.480 e. The van der Waals surface area contributed by atoms with Crippen LogP contribution in [0.15, 0.2) is 0 Å². The predicted octanol–water partition coefficient (Wildman–Crippen LogP) is -0.621. The molecular weight excluding hydrogens is 206 g/mol. The lowest BCUT2D eigenvalue weighted by Gasteiger charge is -2.24. The molecule has 2 N–H and O–H groups in total. The zero-order valence-corrected chi connectivity index (χ0v) is 8.46. The van der Waals surface area contributed by atoms with E-state index in [0.29, 0.717) is 6.42 Å². The Morgan fingerprint density at radius 1 is 1.43 bits per heavy atom. The summed E-state index contributed by atoms with van der Waals surface area (Å²) in [5.74, 6) is -0.739. The highest BCUT2D eigenvalue weighted by atomic mass is 32.2. The van der Waals surface area contributed by atoms with Crippen LogP contribution in [-0.2, 0) is 14.6 Å². The monoisotopic (exact) mass is 219 g/mol. The van der Waals surface area contributed by atoms with Crippen molar-refractivity contribution in [1.29, 1.82) is 0 Å². The summed E-state index contributed by atoms with van der Waals surface area (Å²) in [5, 5.41) is 11.2. The van der Waals surface area contributed by atoms with Crippen molar-refractivity contribution < 1.29 is 18.3 Å². The second kappa shape index (κ2) is 3.20. The van der Waals surface area contributed by atoms with Crippen molar-refractivity contribution in [2.24, 2.45) is 0 Å². The average Bonchev–Trinajstić information content (AvgIpc) is 2.48. The standard InChI is InChI=1S/C8H13NO4S/c10-8(11)6-4-7-5(9-6)2-1-3-14(7,12)13/h5-7,9H,1-4H2,(H,10,11). The van der Waals surface area contributed by atoms with Gasteiger partial charge in [-0.3, -0.25) is 4.79 Å². The molecule has 2 aliphatic heterocycles. The van der Waals surface area contributed by atoms with Crippen LogP contribution in [0.1, 0.15) is 19.3 Å². The topological polar surface area (TPSA) is 83.5 Å². The number of sulfone groups is 1. The molecule has 0 saturated carbocycles. The molecule has 0 spiro atoms. The van der Waals surface area contributed by atoms with Gasteiger partial charge >= 0.3 is 5.97 Å². The van der Waals surface area contributed by atoms with E-state index in [4.69, 9.17) is 5.11 Å². The summed E-state index contributed by atoms with van der Waals surface area (Å²) in [6, 6.07) is -0.826. The molecule has 0 aromatic carbocycles. The van der Waals surface area contributed by atoms with Crippen molar-refractivity contribution in [1.82, 2.24) is 5.32 Å². The molecule has 6 heteroatoms. The molecule has 0 bridgehead atoms. The Hall–Kier alpha value is -0.620. The van der Waals surface area contributed by atoms with Crippen LogP contribution >= 0.6 is 0 Å². The van der Waals surface area contributed by atoms with Gasteiger partial charge in [-0.25, -0.2) is 8.42 Å². The number of hydrogen-bond acceptors (Lipinski definition) is 4. The fourth-order valence-electron chi connectivity index (χ4n) is 2.32. The Balaban J connectivity index is 2.20. The lowest BCUT2D eigenvalue weighted by Crippen LogP contribution is -2.42. The van der Waals surface area contributed by atoms with Crippen molar-refractivity contribution in [3.8, 4) is 0 Å². The SMILES string of the molecule is O=C(O)C1CC2C(CCCS2(=O)=O)N1. The van der Waals surface area contributed by atoms with Crippen LogP contribution in [0.5, 0.6) is 0 Å². The highest BCUT2D eigenvalue weighted by molar-refractivity contribution is 7.92. The maximum absolute atomic E-state index is 11.6. The van der Waals surface area contributed by atoms with Gasteiger partial charge in [-0.2, -0.15) is 0 Å². The summed E-state index contributed by atoms with van der Waals surface area (Å²) in [6.07, 6.45) is 1.64. The second-order valence-corrected chi connectivity index (χ2v) is 6.29. The molecule has 0 aromatic rings. The molecule has 2 saturated heterocycles. The maximum atomic E-state index is 11.6. The van der Waals surface area contributed by atoms with Crippen molar-refractivity contribution in [3.63, 3.8) is 0 Å². The Morgan fingerprint density at radius 2 is 2.14 bits per heavy atom. The second-order valence-electron chi connectivity index (χ2n) is 3.95. The van der Waals surface area contributed by atoms with E-state index in [9.17, 15) is 13.2 Å². The van der Waals surface area contributed by atoms with Gasteiger partial charge in [-0.05, 0) is 19.3 Å². The molecule has 0 amide bonds. The van der Waals surface area contributed by atoms with Gasteiger partial charge in [0.1, 0.15) is 6.04 Å². The first-order valence-electron chi connectivity index (χ1n) is 4.71. The third kappa shape index (κ3) is 1.52. The van der Waals surface area contributed by atoms with Crippen LogP contribution in [0.2, 0.25) is 0 Å². The molecule has 3 unspecified atom stereocenters. The van der Waals surface area contributed by atoms with Crippen molar-refractivity contribution in [3.05, 3.63) is 0 Å². The fraction of sp³-hybridized carbons (Fsp3) is 0.875. The van der Waals surface area contributed by atoms with E-state index in [1.54, 1.807) is 0 Å². The normalized spacial score (nSPS) is 40.4. The highest BCUT2D eigenvalue weighted by Gasteiger charge is 2.46. The Kier molecular flexibility index (Phi) is 2.27. The summed E-state index contributed by atoms with van der Waals surface area (Å²) >= 11 is 0. The molecule has 2 heterocycles. The Morgan fingerprint density at radius 3 is 2.71 bits per heavy atom. The van der Waals surface area contributed by atoms with Gasteiger partial charge in [0, 0.05) is 6.04 Å². The number of fused-ring (bicyclic) bond motifs is 1. The van der Waals surface area contributed by atoms with Gasteiger partial charge in [-0.15, -0.1) is 0 Å². The van der Waals surface area contributed by atoms with Gasteiger partial charge in [0.25, 0.3) is 0 Å². The number of carbonyl (C=O) groups is 1. The van der Waals surface area contributed by atoms with E-state index in [2.05, 4.69) is 5.32 Å². The average molecular weight is 219 g/mol. The first-order chi connectivity index (χ1) is 6.50. The van der Waals surface area contributed by atoms with Crippen LogP contribution in [-0.4, -0.2) is 42.6 Å². The number of hydrogen-bond donors (Lipinski definition) is 2. The van der Waals surface area contributed by atoms with Crippen LogP contribution in [0.25, 0.3) is 0 Å². The third-order valence-electron chi connectivity index (χ3n) is 3.04. The van der Waals surface area contributed by atoms with Gasteiger partial charge in [0.2, 0.25) is 0 Å². The first kappa shape index (κ1) is 9.92. The van der Waals surface area contributed by atoms with Crippen molar-refractivity contribution >= 4 is 15.8 Å². The lowest BCUT2D eigenvalue weighted by molar-refractivity contribution is -0.139. The largest absolute Gasteiger partial charge is 0.480 e. The van der Waals surface area contributed by atoms with Gasteiger partial charge < -0.3 is 10.4 Å². The minimum atomic E-state index is -3.05. The van der Waals surface area contributed by atoms with E-state index in [0.717, 1.165) is 6.42 Å². The van der Waals surface area contributed by atoms with Crippen LogP contribution in [0, 0.1) is 0 Å². The number of carboxylic acid groups (broad SMARTS) is 1.